The maximum Gasteiger partial charge on any atom is 0.0345 e. The van der Waals surface area contributed by atoms with E-state index in [1.807, 2.05) is 0 Å². The molecule has 1 saturated carbocycles. The lowest BCUT2D eigenvalue weighted by molar-refractivity contribution is 0.0980. The summed E-state index contributed by atoms with van der Waals surface area (Å²) in [6.45, 7) is 4.74. The minimum atomic E-state index is 0.717. The third-order valence-electron chi connectivity index (χ3n) is 3.84. The fraction of sp³-hybridized carbons (Fsp3) is 1.00. The highest BCUT2D eigenvalue weighted by atomic mass is 15.2. The zero-order chi connectivity index (χ0) is 9.97. The van der Waals surface area contributed by atoms with E-state index in [-0.39, 0.29) is 0 Å². The van der Waals surface area contributed by atoms with E-state index in [0.717, 1.165) is 19.1 Å². The third kappa shape index (κ3) is 2.27. The lowest BCUT2D eigenvalue weighted by atomic mass is 9.91. The van der Waals surface area contributed by atoms with Crippen LogP contribution in [0.4, 0.5) is 0 Å². The van der Waals surface area contributed by atoms with Crippen molar-refractivity contribution in [2.45, 2.75) is 31.3 Å². The Morgan fingerprint density at radius 3 is 2.79 bits per heavy atom. The van der Waals surface area contributed by atoms with Gasteiger partial charge in [-0.2, -0.15) is 0 Å². The Bertz CT molecular complexity index is 179. The second-order valence-electron chi connectivity index (χ2n) is 4.86. The summed E-state index contributed by atoms with van der Waals surface area (Å²) in [4.78, 5) is 5.04. The Balaban J connectivity index is 1.76. The highest BCUT2D eigenvalue weighted by Crippen LogP contribution is 2.23. The smallest absolute Gasteiger partial charge is 0.0345 e. The molecule has 0 aromatic carbocycles. The van der Waals surface area contributed by atoms with Crippen molar-refractivity contribution in [2.75, 3.05) is 40.3 Å². The van der Waals surface area contributed by atoms with Crippen molar-refractivity contribution in [2.24, 2.45) is 0 Å². The van der Waals surface area contributed by atoms with Crippen LogP contribution in [0.5, 0.6) is 0 Å². The summed E-state index contributed by atoms with van der Waals surface area (Å²) in [5.74, 6) is 0. The Labute approximate surface area is 87.4 Å². The van der Waals surface area contributed by atoms with E-state index in [9.17, 15) is 0 Å². The van der Waals surface area contributed by atoms with Gasteiger partial charge in [-0.25, -0.2) is 0 Å². The van der Waals surface area contributed by atoms with E-state index in [2.05, 4.69) is 29.2 Å². The summed E-state index contributed by atoms with van der Waals surface area (Å²) in [5, 5.41) is 3.48. The van der Waals surface area contributed by atoms with Crippen LogP contribution in [-0.2, 0) is 0 Å². The molecule has 1 aliphatic carbocycles. The highest BCUT2D eigenvalue weighted by Gasteiger charge is 2.26. The first kappa shape index (κ1) is 10.4. The summed E-state index contributed by atoms with van der Waals surface area (Å²) in [6, 6.07) is 1.60. The standard InChI is InChI=1S/C11H23N3/c1-13-7-6-12-8-11(13)9-14(2)10-4-3-5-10/h10-12H,3-9H2,1-2H3. The molecule has 0 aromatic rings. The first-order valence-electron chi connectivity index (χ1n) is 5.88. The van der Waals surface area contributed by atoms with Crippen molar-refractivity contribution >= 4 is 0 Å². The van der Waals surface area contributed by atoms with Crippen LogP contribution in [-0.4, -0.2) is 62.2 Å². The van der Waals surface area contributed by atoms with Crippen LogP contribution in [0.2, 0.25) is 0 Å². The van der Waals surface area contributed by atoms with E-state index in [1.54, 1.807) is 0 Å². The van der Waals surface area contributed by atoms with Gasteiger partial charge < -0.3 is 10.2 Å². The normalized spacial score (nSPS) is 30.6. The largest absolute Gasteiger partial charge is 0.314 e. The molecule has 1 unspecified atom stereocenters. The van der Waals surface area contributed by atoms with E-state index < -0.39 is 0 Å². The number of rotatable bonds is 3. The lowest BCUT2D eigenvalue weighted by Crippen LogP contribution is -2.55. The molecule has 1 atom stereocenters. The third-order valence-corrected chi connectivity index (χ3v) is 3.84. The van der Waals surface area contributed by atoms with Crippen LogP contribution >= 0.6 is 0 Å². The molecular weight excluding hydrogens is 174 g/mol. The van der Waals surface area contributed by atoms with Gasteiger partial charge >= 0.3 is 0 Å². The number of hydrogen-bond acceptors (Lipinski definition) is 3. The van der Waals surface area contributed by atoms with Crippen LogP contribution < -0.4 is 5.32 Å². The minimum Gasteiger partial charge on any atom is -0.314 e. The molecule has 2 aliphatic rings. The van der Waals surface area contributed by atoms with Gasteiger partial charge in [-0.3, -0.25) is 4.90 Å². The Morgan fingerprint density at radius 1 is 1.43 bits per heavy atom. The van der Waals surface area contributed by atoms with Crippen molar-refractivity contribution < 1.29 is 0 Å². The Hall–Kier alpha value is -0.120. The molecule has 1 heterocycles. The van der Waals surface area contributed by atoms with Crippen molar-refractivity contribution in [1.82, 2.24) is 15.1 Å². The van der Waals surface area contributed by atoms with E-state index in [0.29, 0.717) is 6.04 Å². The molecule has 0 amide bonds. The van der Waals surface area contributed by atoms with Crippen molar-refractivity contribution in [3.63, 3.8) is 0 Å². The van der Waals surface area contributed by atoms with Gasteiger partial charge in [0.05, 0.1) is 0 Å². The van der Waals surface area contributed by atoms with Gasteiger partial charge in [0.2, 0.25) is 0 Å². The zero-order valence-electron chi connectivity index (χ0n) is 9.50. The van der Waals surface area contributed by atoms with Crippen molar-refractivity contribution in [1.29, 1.82) is 0 Å². The monoisotopic (exact) mass is 197 g/mol. The number of piperazine rings is 1. The molecule has 82 valence electrons. The molecule has 0 spiro atoms. The molecule has 1 aliphatic heterocycles. The van der Waals surface area contributed by atoms with Gasteiger partial charge in [0.25, 0.3) is 0 Å². The molecule has 14 heavy (non-hydrogen) atoms. The van der Waals surface area contributed by atoms with E-state index >= 15 is 0 Å². The molecule has 1 saturated heterocycles. The first-order chi connectivity index (χ1) is 6.77. The fourth-order valence-electron chi connectivity index (χ4n) is 2.38. The Morgan fingerprint density at radius 2 is 2.21 bits per heavy atom. The van der Waals surface area contributed by atoms with E-state index in [1.165, 1.54) is 32.4 Å². The maximum atomic E-state index is 3.48. The van der Waals surface area contributed by atoms with Crippen LogP contribution in [0.15, 0.2) is 0 Å². The fourth-order valence-corrected chi connectivity index (χ4v) is 2.38. The Kier molecular flexibility index (Phi) is 3.42. The SMILES string of the molecule is CN1CCNCC1CN(C)C1CCC1. The zero-order valence-corrected chi connectivity index (χ0v) is 9.50. The van der Waals surface area contributed by atoms with E-state index in [4.69, 9.17) is 0 Å². The number of nitrogens with zero attached hydrogens (tertiary/aromatic N) is 2. The van der Waals surface area contributed by atoms with Gasteiger partial charge in [-0.1, -0.05) is 6.42 Å². The molecule has 2 fully saturated rings. The molecule has 2 rings (SSSR count). The minimum absolute atomic E-state index is 0.717. The number of hydrogen-bond donors (Lipinski definition) is 1. The topological polar surface area (TPSA) is 18.5 Å². The predicted octanol–water partition coefficient (Wildman–Crippen LogP) is 0.374. The van der Waals surface area contributed by atoms with Gasteiger partial charge in [0.1, 0.15) is 0 Å². The summed E-state index contributed by atoms with van der Waals surface area (Å²) in [5.41, 5.74) is 0. The second-order valence-corrected chi connectivity index (χ2v) is 4.86. The van der Waals surface area contributed by atoms with Gasteiger partial charge in [-0.05, 0) is 26.9 Å². The molecule has 0 radical (unpaired) electrons. The van der Waals surface area contributed by atoms with Crippen LogP contribution in [0, 0.1) is 0 Å². The molecule has 3 heteroatoms. The van der Waals surface area contributed by atoms with Gasteiger partial charge in [0.15, 0.2) is 0 Å². The van der Waals surface area contributed by atoms with Gasteiger partial charge in [-0.15, -0.1) is 0 Å². The van der Waals surface area contributed by atoms with Crippen LogP contribution in [0.25, 0.3) is 0 Å². The first-order valence-corrected chi connectivity index (χ1v) is 5.88. The van der Waals surface area contributed by atoms with Crippen LogP contribution in [0.3, 0.4) is 0 Å². The average Bonchev–Trinajstić information content (AvgIpc) is 2.05. The molecule has 3 nitrogen and oxygen atoms in total. The summed E-state index contributed by atoms with van der Waals surface area (Å²) in [6.07, 6.45) is 4.27. The summed E-state index contributed by atoms with van der Waals surface area (Å²) in [7, 11) is 4.53. The summed E-state index contributed by atoms with van der Waals surface area (Å²) < 4.78 is 0. The quantitative estimate of drug-likeness (QED) is 0.705. The predicted molar refractivity (Wildman–Crippen MR) is 59.6 cm³/mol. The van der Waals surface area contributed by atoms with Crippen molar-refractivity contribution in [3.05, 3.63) is 0 Å². The van der Waals surface area contributed by atoms with Crippen molar-refractivity contribution in [3.8, 4) is 0 Å². The number of nitrogens with one attached hydrogen (secondary N) is 1. The summed E-state index contributed by atoms with van der Waals surface area (Å²) >= 11 is 0. The maximum absolute atomic E-state index is 3.48. The number of likely N-dealkylation sites (N-methyl/N-ethyl adjacent to an activating group) is 2. The lowest BCUT2D eigenvalue weighted by Gasteiger charge is -2.40. The second kappa shape index (κ2) is 4.60. The van der Waals surface area contributed by atoms with Gasteiger partial charge in [0, 0.05) is 38.3 Å². The molecule has 0 aromatic heterocycles. The molecule has 0 bridgehead atoms. The van der Waals surface area contributed by atoms with Crippen LogP contribution in [0.1, 0.15) is 19.3 Å². The molecule has 1 N–H and O–H groups in total. The highest BCUT2D eigenvalue weighted by molar-refractivity contribution is 4.84. The average molecular weight is 197 g/mol. The molecular formula is C11H23N3.